The SMILES string of the molecule is CCC(C)CNC(=O)c1[nH]ncc1N. The molecule has 1 atom stereocenters. The third-order valence-corrected chi connectivity index (χ3v) is 2.20. The number of nitrogen functional groups attached to an aromatic ring is 1. The predicted molar refractivity (Wildman–Crippen MR) is 54.8 cm³/mol. The summed E-state index contributed by atoms with van der Waals surface area (Å²) in [6, 6.07) is 0. The number of anilines is 1. The van der Waals surface area contributed by atoms with E-state index in [0.717, 1.165) is 6.42 Å². The summed E-state index contributed by atoms with van der Waals surface area (Å²) in [5, 5.41) is 9.03. The molecule has 1 amide bonds. The number of hydrogen-bond acceptors (Lipinski definition) is 3. The molecule has 0 radical (unpaired) electrons. The van der Waals surface area contributed by atoms with Gasteiger partial charge in [-0.2, -0.15) is 5.10 Å². The van der Waals surface area contributed by atoms with Crippen molar-refractivity contribution in [3.05, 3.63) is 11.9 Å². The first-order valence-electron chi connectivity index (χ1n) is 4.72. The lowest BCUT2D eigenvalue weighted by atomic mass is 10.1. The number of nitrogens with two attached hydrogens (primary N) is 1. The number of rotatable bonds is 4. The number of hydrogen-bond donors (Lipinski definition) is 3. The van der Waals surface area contributed by atoms with Crippen molar-refractivity contribution in [1.29, 1.82) is 0 Å². The van der Waals surface area contributed by atoms with Crippen molar-refractivity contribution in [2.75, 3.05) is 12.3 Å². The van der Waals surface area contributed by atoms with Crippen LogP contribution in [0.15, 0.2) is 6.20 Å². The maximum absolute atomic E-state index is 11.5. The fraction of sp³-hybridized carbons (Fsp3) is 0.556. The van der Waals surface area contributed by atoms with Gasteiger partial charge in [-0.15, -0.1) is 0 Å². The number of aromatic amines is 1. The van der Waals surface area contributed by atoms with Gasteiger partial charge in [-0.1, -0.05) is 20.3 Å². The number of carbonyl (C=O) groups is 1. The minimum Gasteiger partial charge on any atom is -0.396 e. The van der Waals surface area contributed by atoms with Crippen LogP contribution < -0.4 is 11.1 Å². The van der Waals surface area contributed by atoms with Gasteiger partial charge < -0.3 is 11.1 Å². The van der Waals surface area contributed by atoms with E-state index in [2.05, 4.69) is 29.4 Å². The van der Waals surface area contributed by atoms with E-state index in [-0.39, 0.29) is 5.91 Å². The highest BCUT2D eigenvalue weighted by Gasteiger charge is 2.11. The Balaban J connectivity index is 2.47. The summed E-state index contributed by atoms with van der Waals surface area (Å²) >= 11 is 0. The summed E-state index contributed by atoms with van der Waals surface area (Å²) in [5.41, 5.74) is 6.25. The smallest absolute Gasteiger partial charge is 0.271 e. The summed E-state index contributed by atoms with van der Waals surface area (Å²) in [6.07, 6.45) is 2.47. The molecule has 1 rings (SSSR count). The van der Waals surface area contributed by atoms with Gasteiger partial charge in [-0.25, -0.2) is 0 Å². The molecule has 0 aliphatic rings. The average Bonchev–Trinajstić information content (AvgIpc) is 2.60. The predicted octanol–water partition coefficient (Wildman–Crippen LogP) is 0.768. The summed E-state index contributed by atoms with van der Waals surface area (Å²) in [7, 11) is 0. The van der Waals surface area contributed by atoms with E-state index in [4.69, 9.17) is 5.73 Å². The molecule has 0 saturated carbocycles. The molecule has 78 valence electrons. The van der Waals surface area contributed by atoms with Crippen LogP contribution in [0.3, 0.4) is 0 Å². The van der Waals surface area contributed by atoms with Gasteiger partial charge in [0, 0.05) is 6.54 Å². The first kappa shape index (κ1) is 10.6. The van der Waals surface area contributed by atoms with Crippen LogP contribution in [-0.2, 0) is 0 Å². The van der Waals surface area contributed by atoms with E-state index in [0.29, 0.717) is 23.8 Å². The Morgan fingerprint density at radius 3 is 3.00 bits per heavy atom. The molecule has 0 aliphatic carbocycles. The van der Waals surface area contributed by atoms with Gasteiger partial charge in [-0.05, 0) is 5.92 Å². The van der Waals surface area contributed by atoms with Crippen LogP contribution in [0.2, 0.25) is 0 Å². The molecule has 5 heteroatoms. The van der Waals surface area contributed by atoms with Crippen LogP contribution in [-0.4, -0.2) is 22.6 Å². The first-order valence-corrected chi connectivity index (χ1v) is 4.72. The van der Waals surface area contributed by atoms with Crippen molar-refractivity contribution in [3.63, 3.8) is 0 Å². The standard InChI is InChI=1S/C9H16N4O/c1-3-6(2)4-11-9(14)8-7(10)5-12-13-8/h5-6H,3-4,10H2,1-2H3,(H,11,14)(H,12,13). The molecule has 1 aromatic heterocycles. The van der Waals surface area contributed by atoms with Gasteiger partial charge in [0.25, 0.3) is 5.91 Å². The van der Waals surface area contributed by atoms with Crippen molar-refractivity contribution < 1.29 is 4.79 Å². The molecule has 14 heavy (non-hydrogen) atoms. The van der Waals surface area contributed by atoms with Gasteiger partial charge in [0.05, 0.1) is 11.9 Å². The molecular formula is C9H16N4O. The van der Waals surface area contributed by atoms with E-state index >= 15 is 0 Å². The van der Waals surface area contributed by atoms with Crippen molar-refractivity contribution in [2.45, 2.75) is 20.3 Å². The quantitative estimate of drug-likeness (QED) is 0.665. The van der Waals surface area contributed by atoms with E-state index in [1.807, 2.05) is 0 Å². The Morgan fingerprint density at radius 2 is 2.50 bits per heavy atom. The summed E-state index contributed by atoms with van der Waals surface area (Å²) in [6.45, 7) is 4.83. The third-order valence-electron chi connectivity index (χ3n) is 2.20. The Kier molecular flexibility index (Phi) is 3.50. The normalized spacial score (nSPS) is 12.4. The van der Waals surface area contributed by atoms with Gasteiger partial charge in [0.2, 0.25) is 0 Å². The Morgan fingerprint density at radius 1 is 1.79 bits per heavy atom. The largest absolute Gasteiger partial charge is 0.396 e. The van der Waals surface area contributed by atoms with E-state index in [1.165, 1.54) is 6.20 Å². The minimum absolute atomic E-state index is 0.194. The lowest BCUT2D eigenvalue weighted by molar-refractivity contribution is 0.0943. The molecule has 5 nitrogen and oxygen atoms in total. The number of aromatic nitrogens is 2. The molecule has 0 aliphatic heterocycles. The lowest BCUT2D eigenvalue weighted by Crippen LogP contribution is -2.28. The van der Waals surface area contributed by atoms with Crippen LogP contribution in [0.1, 0.15) is 30.8 Å². The zero-order valence-corrected chi connectivity index (χ0v) is 8.50. The van der Waals surface area contributed by atoms with Gasteiger partial charge >= 0.3 is 0 Å². The third kappa shape index (κ3) is 2.48. The maximum atomic E-state index is 11.5. The van der Waals surface area contributed by atoms with Gasteiger partial charge in [-0.3, -0.25) is 9.89 Å². The summed E-state index contributed by atoms with van der Waals surface area (Å²) in [4.78, 5) is 11.5. The highest BCUT2D eigenvalue weighted by Crippen LogP contribution is 2.05. The van der Waals surface area contributed by atoms with E-state index in [1.54, 1.807) is 0 Å². The zero-order chi connectivity index (χ0) is 10.6. The van der Waals surface area contributed by atoms with Gasteiger partial charge in [0.1, 0.15) is 5.69 Å². The topological polar surface area (TPSA) is 83.8 Å². The highest BCUT2D eigenvalue weighted by atomic mass is 16.1. The number of carbonyl (C=O) groups excluding carboxylic acids is 1. The van der Waals surface area contributed by atoms with E-state index < -0.39 is 0 Å². The minimum atomic E-state index is -0.194. The first-order chi connectivity index (χ1) is 6.65. The van der Waals surface area contributed by atoms with Crippen molar-refractivity contribution in [3.8, 4) is 0 Å². The molecule has 0 spiro atoms. The molecule has 1 heterocycles. The average molecular weight is 196 g/mol. The van der Waals surface area contributed by atoms with Gasteiger partial charge in [0.15, 0.2) is 0 Å². The molecule has 0 bridgehead atoms. The van der Waals surface area contributed by atoms with Crippen LogP contribution >= 0.6 is 0 Å². The van der Waals surface area contributed by atoms with Crippen molar-refractivity contribution in [1.82, 2.24) is 15.5 Å². The molecular weight excluding hydrogens is 180 g/mol. The highest BCUT2D eigenvalue weighted by molar-refractivity contribution is 5.96. The van der Waals surface area contributed by atoms with Crippen LogP contribution in [0, 0.1) is 5.92 Å². The van der Waals surface area contributed by atoms with E-state index in [9.17, 15) is 4.79 Å². The molecule has 1 aromatic rings. The Hall–Kier alpha value is -1.52. The lowest BCUT2D eigenvalue weighted by Gasteiger charge is -2.09. The summed E-state index contributed by atoms with van der Waals surface area (Å²) in [5.74, 6) is 0.281. The van der Waals surface area contributed by atoms with Crippen LogP contribution in [0.25, 0.3) is 0 Å². The second-order valence-corrected chi connectivity index (χ2v) is 3.42. The zero-order valence-electron chi connectivity index (χ0n) is 8.50. The van der Waals surface area contributed by atoms with Crippen molar-refractivity contribution in [2.24, 2.45) is 5.92 Å². The monoisotopic (exact) mass is 196 g/mol. The number of amides is 1. The van der Waals surface area contributed by atoms with Crippen LogP contribution in [0.5, 0.6) is 0 Å². The Labute approximate surface area is 83.1 Å². The number of nitrogens with zero attached hydrogens (tertiary/aromatic N) is 1. The molecule has 0 saturated heterocycles. The second kappa shape index (κ2) is 4.64. The molecule has 4 N–H and O–H groups in total. The maximum Gasteiger partial charge on any atom is 0.271 e. The molecule has 1 unspecified atom stereocenters. The fourth-order valence-electron chi connectivity index (χ4n) is 0.977. The number of H-pyrrole nitrogens is 1. The summed E-state index contributed by atoms with van der Waals surface area (Å²) < 4.78 is 0. The Bertz CT molecular complexity index is 308. The van der Waals surface area contributed by atoms with Crippen LogP contribution in [0.4, 0.5) is 5.69 Å². The molecule has 0 fully saturated rings. The number of nitrogens with one attached hydrogen (secondary N) is 2. The second-order valence-electron chi connectivity index (χ2n) is 3.42. The van der Waals surface area contributed by atoms with Crippen molar-refractivity contribution >= 4 is 11.6 Å². The fourth-order valence-corrected chi connectivity index (χ4v) is 0.977. The molecule has 0 aromatic carbocycles.